The minimum atomic E-state index is -0.429. The predicted molar refractivity (Wildman–Crippen MR) is 114 cm³/mol. The van der Waals surface area contributed by atoms with Gasteiger partial charge in [-0.25, -0.2) is 0 Å². The molecule has 29 heavy (non-hydrogen) atoms. The number of methoxy groups -OCH3 is 1. The quantitative estimate of drug-likeness (QED) is 0.360. The van der Waals surface area contributed by atoms with Gasteiger partial charge in [-0.2, -0.15) is 0 Å². The number of nitrogens with one attached hydrogen (secondary N) is 2. The Labute approximate surface area is 171 Å². The highest BCUT2D eigenvalue weighted by atomic mass is 16.5. The molecule has 0 aliphatic rings. The molecule has 0 aliphatic heterocycles. The number of hydrogen-bond donors (Lipinski definition) is 2. The maximum atomic E-state index is 12.1. The summed E-state index contributed by atoms with van der Waals surface area (Å²) in [7, 11) is 1.59. The molecule has 6 nitrogen and oxygen atoms in total. The number of unbranched alkanes of at least 4 members (excludes halogenated alkanes) is 3. The third-order valence-electron chi connectivity index (χ3n) is 4.23. The lowest BCUT2D eigenvalue weighted by Crippen LogP contribution is -2.40. The number of hydrazine groups is 1. The molecule has 2 aromatic carbocycles. The molecule has 0 spiro atoms. The van der Waals surface area contributed by atoms with Gasteiger partial charge in [0, 0.05) is 11.6 Å². The van der Waals surface area contributed by atoms with Crippen molar-refractivity contribution in [1.29, 1.82) is 0 Å². The maximum Gasteiger partial charge on any atom is 0.269 e. The monoisotopic (exact) mass is 396 g/mol. The Morgan fingerprint density at radius 1 is 0.897 bits per heavy atom. The average molecular weight is 396 g/mol. The zero-order valence-corrected chi connectivity index (χ0v) is 16.9. The van der Waals surface area contributed by atoms with Crippen LogP contribution in [0.2, 0.25) is 0 Å². The molecule has 0 saturated heterocycles. The summed E-state index contributed by atoms with van der Waals surface area (Å²) in [6.45, 7) is 2.84. The number of amides is 2. The normalized spacial score (nSPS) is 10.6. The largest absolute Gasteiger partial charge is 0.497 e. The molecule has 2 amide bonds. The fraction of sp³-hybridized carbons (Fsp3) is 0.304. The van der Waals surface area contributed by atoms with Crippen LogP contribution in [0.1, 0.15) is 48.5 Å². The van der Waals surface area contributed by atoms with E-state index >= 15 is 0 Å². The third-order valence-corrected chi connectivity index (χ3v) is 4.23. The minimum absolute atomic E-state index is 0.398. The highest BCUT2D eigenvalue weighted by Crippen LogP contribution is 2.13. The van der Waals surface area contributed by atoms with Gasteiger partial charge in [-0.15, -0.1) is 0 Å². The van der Waals surface area contributed by atoms with E-state index in [1.54, 1.807) is 49.6 Å². The fourth-order valence-corrected chi connectivity index (χ4v) is 2.54. The van der Waals surface area contributed by atoms with E-state index in [1.165, 1.54) is 18.9 Å². The van der Waals surface area contributed by atoms with E-state index in [1.807, 2.05) is 12.1 Å². The number of rotatable bonds is 10. The van der Waals surface area contributed by atoms with Gasteiger partial charge in [-0.3, -0.25) is 20.4 Å². The van der Waals surface area contributed by atoms with Gasteiger partial charge in [0.05, 0.1) is 13.7 Å². The van der Waals surface area contributed by atoms with Crippen LogP contribution in [0.25, 0.3) is 6.08 Å². The summed E-state index contributed by atoms with van der Waals surface area (Å²) in [5, 5.41) is 0. The van der Waals surface area contributed by atoms with Crippen LogP contribution >= 0.6 is 0 Å². The minimum Gasteiger partial charge on any atom is -0.497 e. The Bertz CT molecular complexity index is 799. The van der Waals surface area contributed by atoms with E-state index in [-0.39, 0.29) is 0 Å². The summed E-state index contributed by atoms with van der Waals surface area (Å²) in [5.41, 5.74) is 6.03. The van der Waals surface area contributed by atoms with Crippen LogP contribution in [-0.2, 0) is 4.79 Å². The van der Waals surface area contributed by atoms with Gasteiger partial charge >= 0.3 is 0 Å². The molecular formula is C23H28N2O4. The molecule has 0 aliphatic carbocycles. The van der Waals surface area contributed by atoms with Crippen LogP contribution in [0.15, 0.2) is 54.6 Å². The molecule has 0 bridgehead atoms. The van der Waals surface area contributed by atoms with E-state index in [4.69, 9.17) is 9.47 Å². The lowest BCUT2D eigenvalue weighted by molar-refractivity contribution is -0.117. The molecule has 0 aromatic heterocycles. The van der Waals surface area contributed by atoms with E-state index < -0.39 is 11.8 Å². The number of benzene rings is 2. The number of hydrogen-bond acceptors (Lipinski definition) is 4. The first-order valence-electron chi connectivity index (χ1n) is 9.77. The van der Waals surface area contributed by atoms with Gasteiger partial charge in [0.1, 0.15) is 11.5 Å². The van der Waals surface area contributed by atoms with Crippen molar-refractivity contribution in [1.82, 2.24) is 10.9 Å². The van der Waals surface area contributed by atoms with E-state index in [2.05, 4.69) is 17.8 Å². The van der Waals surface area contributed by atoms with Gasteiger partial charge in [0.15, 0.2) is 0 Å². The molecule has 0 atom stereocenters. The summed E-state index contributed by atoms with van der Waals surface area (Å²) >= 11 is 0. The Morgan fingerprint density at radius 2 is 1.59 bits per heavy atom. The molecule has 2 N–H and O–H groups in total. The zero-order valence-electron chi connectivity index (χ0n) is 16.9. The van der Waals surface area contributed by atoms with Crippen LogP contribution < -0.4 is 20.3 Å². The zero-order chi connectivity index (χ0) is 20.9. The second-order valence-electron chi connectivity index (χ2n) is 6.48. The molecule has 0 saturated carbocycles. The molecule has 0 heterocycles. The van der Waals surface area contributed by atoms with Gasteiger partial charge in [-0.1, -0.05) is 38.3 Å². The molecular weight excluding hydrogens is 368 g/mol. The Balaban J connectivity index is 1.74. The summed E-state index contributed by atoms with van der Waals surface area (Å²) in [4.78, 5) is 24.0. The summed E-state index contributed by atoms with van der Waals surface area (Å²) in [6, 6.07) is 14.1. The van der Waals surface area contributed by atoms with Gasteiger partial charge in [-0.05, 0) is 54.5 Å². The average Bonchev–Trinajstić information content (AvgIpc) is 2.76. The summed E-state index contributed by atoms with van der Waals surface area (Å²) in [6.07, 6.45) is 7.57. The molecule has 0 fully saturated rings. The number of carbonyl (C=O) groups is 2. The van der Waals surface area contributed by atoms with Crippen LogP contribution in [0.3, 0.4) is 0 Å². The summed E-state index contributed by atoms with van der Waals surface area (Å²) < 4.78 is 10.7. The van der Waals surface area contributed by atoms with Crippen molar-refractivity contribution in [3.63, 3.8) is 0 Å². The number of carbonyl (C=O) groups excluding carboxylic acids is 2. The molecule has 0 unspecified atom stereocenters. The Kier molecular flexibility index (Phi) is 9.29. The Morgan fingerprint density at radius 3 is 2.24 bits per heavy atom. The summed E-state index contributed by atoms with van der Waals surface area (Å²) in [5.74, 6) is 0.642. The van der Waals surface area contributed by atoms with Crippen molar-refractivity contribution in [3.8, 4) is 11.5 Å². The van der Waals surface area contributed by atoms with E-state index in [9.17, 15) is 9.59 Å². The van der Waals surface area contributed by atoms with Crippen molar-refractivity contribution in [2.75, 3.05) is 13.7 Å². The molecule has 6 heteroatoms. The molecule has 2 rings (SSSR count). The van der Waals surface area contributed by atoms with Crippen LogP contribution in [0, 0.1) is 0 Å². The lowest BCUT2D eigenvalue weighted by Gasteiger charge is -2.08. The third kappa shape index (κ3) is 8.09. The second-order valence-corrected chi connectivity index (χ2v) is 6.48. The predicted octanol–water partition coefficient (Wildman–Crippen LogP) is 4.13. The van der Waals surface area contributed by atoms with Gasteiger partial charge < -0.3 is 9.47 Å². The van der Waals surface area contributed by atoms with Crippen molar-refractivity contribution in [2.45, 2.75) is 32.6 Å². The molecule has 154 valence electrons. The van der Waals surface area contributed by atoms with Crippen LogP contribution in [-0.4, -0.2) is 25.5 Å². The van der Waals surface area contributed by atoms with Crippen molar-refractivity contribution in [3.05, 3.63) is 65.7 Å². The molecule has 2 aromatic rings. The van der Waals surface area contributed by atoms with Crippen LogP contribution in [0.5, 0.6) is 11.5 Å². The van der Waals surface area contributed by atoms with Gasteiger partial charge in [0.25, 0.3) is 11.8 Å². The first-order chi connectivity index (χ1) is 14.1. The lowest BCUT2D eigenvalue weighted by atomic mass is 10.2. The highest BCUT2D eigenvalue weighted by molar-refractivity contribution is 5.97. The van der Waals surface area contributed by atoms with E-state index in [0.717, 1.165) is 29.9 Å². The van der Waals surface area contributed by atoms with Crippen LogP contribution in [0.4, 0.5) is 0 Å². The van der Waals surface area contributed by atoms with E-state index in [0.29, 0.717) is 12.2 Å². The Hall–Kier alpha value is -3.28. The topological polar surface area (TPSA) is 76.7 Å². The van der Waals surface area contributed by atoms with Crippen molar-refractivity contribution >= 4 is 17.9 Å². The standard InChI is InChI=1S/C23H28N2O4/c1-3-4-5-6-17-29-21-14-10-19(11-15-21)23(27)25-24-22(26)16-9-18-7-12-20(28-2)13-8-18/h7-16H,3-6,17H2,1-2H3,(H,24,26)(H,25,27). The SMILES string of the molecule is CCCCCCOc1ccc(C(=O)NNC(=O)C=Cc2ccc(OC)cc2)cc1. The first kappa shape index (κ1) is 22.0. The van der Waals surface area contributed by atoms with Crippen molar-refractivity contribution in [2.24, 2.45) is 0 Å². The first-order valence-corrected chi connectivity index (χ1v) is 9.77. The second kappa shape index (κ2) is 12.2. The highest BCUT2D eigenvalue weighted by Gasteiger charge is 2.06. The maximum absolute atomic E-state index is 12.1. The van der Waals surface area contributed by atoms with Crippen molar-refractivity contribution < 1.29 is 19.1 Å². The number of ether oxygens (including phenoxy) is 2. The van der Waals surface area contributed by atoms with Gasteiger partial charge in [0.2, 0.25) is 0 Å². The fourth-order valence-electron chi connectivity index (χ4n) is 2.54. The molecule has 0 radical (unpaired) electrons. The smallest absolute Gasteiger partial charge is 0.269 e.